The lowest BCUT2D eigenvalue weighted by atomic mass is 10.3. The molecule has 0 fully saturated rings. The van der Waals surface area contributed by atoms with Crippen LogP contribution < -0.4 is 16.4 Å². The number of nitrogens with two attached hydrogens (primary N) is 2. The number of carbonyl (C=O) groups excluding carboxylic acids is 2. The Balaban J connectivity index is 2.19. The van der Waals surface area contributed by atoms with Gasteiger partial charge in [0.25, 0.3) is 6.01 Å². The summed E-state index contributed by atoms with van der Waals surface area (Å²) in [5, 5.41) is 0. The van der Waals surface area contributed by atoms with Crippen LogP contribution in [0.4, 0.5) is 6.01 Å². The van der Waals surface area contributed by atoms with E-state index in [9.17, 15) is 9.59 Å². The molecule has 2 aromatic rings. The Morgan fingerprint density at radius 1 is 1.10 bits per heavy atom. The van der Waals surface area contributed by atoms with Crippen molar-refractivity contribution in [1.29, 1.82) is 0 Å². The number of benzene rings is 1. The van der Waals surface area contributed by atoms with Gasteiger partial charge in [0, 0.05) is 25.9 Å². The molecule has 0 bridgehead atoms. The van der Waals surface area contributed by atoms with Crippen LogP contribution in [0.2, 0.25) is 0 Å². The number of fused-ring (bicyclic) bond motifs is 1. The highest BCUT2D eigenvalue weighted by Crippen LogP contribution is 2.21. The number of primary amides is 2. The first-order chi connectivity index (χ1) is 9.56. The second kappa shape index (κ2) is 6.05. The summed E-state index contributed by atoms with van der Waals surface area (Å²) in [5.74, 6) is -0.852. The van der Waals surface area contributed by atoms with E-state index < -0.39 is 11.8 Å². The lowest BCUT2D eigenvalue weighted by molar-refractivity contribution is -0.118. The Bertz CT molecular complexity index is 572. The SMILES string of the molecule is NC(=O)CCN(CCC(N)=O)c1nc2ccccc2o1. The van der Waals surface area contributed by atoms with Gasteiger partial charge in [-0.3, -0.25) is 9.59 Å². The third kappa shape index (κ3) is 3.47. The van der Waals surface area contributed by atoms with Crippen LogP contribution in [0.3, 0.4) is 0 Å². The lowest BCUT2D eigenvalue weighted by Crippen LogP contribution is -2.31. The van der Waals surface area contributed by atoms with Crippen LogP contribution in [0.15, 0.2) is 28.7 Å². The molecule has 106 valence electrons. The number of aromatic nitrogens is 1. The zero-order valence-corrected chi connectivity index (χ0v) is 10.9. The normalized spacial score (nSPS) is 10.6. The van der Waals surface area contributed by atoms with Crippen molar-refractivity contribution in [1.82, 2.24) is 4.98 Å². The topological polar surface area (TPSA) is 115 Å². The smallest absolute Gasteiger partial charge is 0.298 e. The minimum absolute atomic E-state index is 0.150. The second-order valence-electron chi connectivity index (χ2n) is 4.38. The number of oxazole rings is 1. The van der Waals surface area contributed by atoms with E-state index in [2.05, 4.69) is 4.98 Å². The Morgan fingerprint density at radius 2 is 1.70 bits per heavy atom. The highest BCUT2D eigenvalue weighted by atomic mass is 16.4. The fourth-order valence-electron chi connectivity index (χ4n) is 1.79. The van der Waals surface area contributed by atoms with Crippen LogP contribution in [0.5, 0.6) is 0 Å². The van der Waals surface area contributed by atoms with Gasteiger partial charge in [0.15, 0.2) is 5.58 Å². The van der Waals surface area contributed by atoms with Gasteiger partial charge in [-0.15, -0.1) is 0 Å². The van der Waals surface area contributed by atoms with E-state index in [-0.39, 0.29) is 12.8 Å². The van der Waals surface area contributed by atoms with Gasteiger partial charge in [-0.1, -0.05) is 12.1 Å². The quantitative estimate of drug-likeness (QED) is 0.758. The van der Waals surface area contributed by atoms with Gasteiger partial charge in [0.05, 0.1) is 0 Å². The van der Waals surface area contributed by atoms with Gasteiger partial charge >= 0.3 is 0 Å². The van der Waals surface area contributed by atoms with Crippen molar-refractivity contribution in [3.8, 4) is 0 Å². The van der Waals surface area contributed by atoms with E-state index in [4.69, 9.17) is 15.9 Å². The molecule has 0 unspecified atom stereocenters. The Morgan fingerprint density at radius 3 is 2.25 bits per heavy atom. The maximum atomic E-state index is 10.9. The van der Waals surface area contributed by atoms with E-state index in [1.807, 2.05) is 18.2 Å². The molecule has 0 aliphatic rings. The van der Waals surface area contributed by atoms with Gasteiger partial charge < -0.3 is 20.8 Å². The minimum Gasteiger partial charge on any atom is -0.423 e. The highest BCUT2D eigenvalue weighted by Gasteiger charge is 2.15. The molecule has 2 rings (SSSR count). The Hall–Kier alpha value is -2.57. The van der Waals surface area contributed by atoms with E-state index in [0.29, 0.717) is 30.2 Å². The van der Waals surface area contributed by atoms with Crippen LogP contribution in [-0.2, 0) is 9.59 Å². The Labute approximate surface area is 115 Å². The van der Waals surface area contributed by atoms with Crippen LogP contribution in [0.1, 0.15) is 12.8 Å². The summed E-state index contributed by atoms with van der Waals surface area (Å²) in [5.41, 5.74) is 11.6. The molecule has 0 aliphatic carbocycles. The van der Waals surface area contributed by atoms with Gasteiger partial charge in [0.2, 0.25) is 11.8 Å². The van der Waals surface area contributed by atoms with Crippen molar-refractivity contribution < 1.29 is 14.0 Å². The molecule has 0 aliphatic heterocycles. The van der Waals surface area contributed by atoms with Gasteiger partial charge in [-0.2, -0.15) is 4.98 Å². The summed E-state index contributed by atoms with van der Waals surface area (Å²) in [6.07, 6.45) is 0.301. The minimum atomic E-state index is -0.426. The zero-order valence-electron chi connectivity index (χ0n) is 10.9. The summed E-state index contributed by atoms with van der Waals surface area (Å²) < 4.78 is 5.61. The second-order valence-corrected chi connectivity index (χ2v) is 4.38. The molecule has 20 heavy (non-hydrogen) atoms. The number of amides is 2. The lowest BCUT2D eigenvalue weighted by Gasteiger charge is -2.18. The average Bonchev–Trinajstić information content (AvgIpc) is 2.81. The molecule has 0 atom stereocenters. The molecule has 1 heterocycles. The molecule has 2 amide bonds. The first-order valence-corrected chi connectivity index (χ1v) is 6.23. The van der Waals surface area contributed by atoms with Crippen LogP contribution >= 0.6 is 0 Å². The number of anilines is 1. The number of hydrogen-bond acceptors (Lipinski definition) is 5. The molecule has 0 saturated heterocycles. The molecular weight excluding hydrogens is 260 g/mol. The fraction of sp³-hybridized carbons (Fsp3) is 0.308. The molecule has 0 spiro atoms. The largest absolute Gasteiger partial charge is 0.423 e. The van der Waals surface area contributed by atoms with E-state index in [0.717, 1.165) is 0 Å². The molecule has 0 radical (unpaired) electrons. The van der Waals surface area contributed by atoms with Crippen molar-refractivity contribution in [2.75, 3.05) is 18.0 Å². The highest BCUT2D eigenvalue weighted by molar-refractivity contribution is 5.76. The first kappa shape index (κ1) is 13.9. The first-order valence-electron chi connectivity index (χ1n) is 6.23. The van der Waals surface area contributed by atoms with Crippen molar-refractivity contribution in [2.24, 2.45) is 11.5 Å². The molecule has 7 heteroatoms. The molecule has 1 aromatic carbocycles. The number of nitrogens with zero attached hydrogens (tertiary/aromatic N) is 2. The van der Waals surface area contributed by atoms with Crippen LogP contribution in [0.25, 0.3) is 11.1 Å². The van der Waals surface area contributed by atoms with Gasteiger partial charge in [-0.05, 0) is 12.1 Å². The summed E-state index contributed by atoms with van der Waals surface area (Å²) in [6, 6.07) is 7.67. The predicted molar refractivity (Wildman–Crippen MR) is 73.8 cm³/mol. The Kier molecular flexibility index (Phi) is 4.19. The molecule has 7 nitrogen and oxygen atoms in total. The third-order valence-electron chi connectivity index (χ3n) is 2.81. The van der Waals surface area contributed by atoms with Crippen molar-refractivity contribution in [3.05, 3.63) is 24.3 Å². The summed E-state index contributed by atoms with van der Waals surface area (Å²) in [7, 11) is 0. The third-order valence-corrected chi connectivity index (χ3v) is 2.81. The predicted octanol–water partition coefficient (Wildman–Crippen LogP) is 0.385. The number of carbonyl (C=O) groups is 2. The molecule has 1 aromatic heterocycles. The summed E-state index contributed by atoms with van der Waals surface area (Å²) in [4.78, 5) is 27.8. The zero-order chi connectivity index (χ0) is 14.5. The van der Waals surface area contributed by atoms with E-state index in [1.54, 1.807) is 11.0 Å². The van der Waals surface area contributed by atoms with Gasteiger partial charge in [-0.25, -0.2) is 0 Å². The van der Waals surface area contributed by atoms with Crippen molar-refractivity contribution in [2.45, 2.75) is 12.8 Å². The number of para-hydroxylation sites is 2. The number of hydrogen-bond donors (Lipinski definition) is 2. The standard InChI is InChI=1S/C13H16N4O3/c14-11(18)5-7-17(8-6-12(15)19)13-16-9-3-1-2-4-10(9)20-13/h1-4H,5-8H2,(H2,14,18)(H2,15,19). The van der Waals surface area contributed by atoms with E-state index >= 15 is 0 Å². The van der Waals surface area contributed by atoms with E-state index in [1.165, 1.54) is 0 Å². The average molecular weight is 276 g/mol. The summed E-state index contributed by atoms with van der Waals surface area (Å²) in [6.45, 7) is 0.658. The fourth-order valence-corrected chi connectivity index (χ4v) is 1.79. The summed E-state index contributed by atoms with van der Waals surface area (Å²) >= 11 is 0. The molecular formula is C13H16N4O3. The molecule has 0 saturated carbocycles. The molecule has 4 N–H and O–H groups in total. The van der Waals surface area contributed by atoms with Crippen molar-refractivity contribution >= 4 is 28.9 Å². The van der Waals surface area contributed by atoms with Crippen molar-refractivity contribution in [3.63, 3.8) is 0 Å². The maximum Gasteiger partial charge on any atom is 0.298 e. The van der Waals surface area contributed by atoms with Crippen LogP contribution in [0, 0.1) is 0 Å². The van der Waals surface area contributed by atoms with Gasteiger partial charge in [0.1, 0.15) is 5.52 Å². The maximum absolute atomic E-state index is 10.9. The van der Waals surface area contributed by atoms with Crippen LogP contribution in [-0.4, -0.2) is 29.9 Å². The monoisotopic (exact) mass is 276 g/mol. The number of rotatable bonds is 7.